The van der Waals surface area contributed by atoms with Crippen molar-refractivity contribution in [3.8, 4) is 0 Å². The summed E-state index contributed by atoms with van der Waals surface area (Å²) >= 11 is 0. The maximum Gasteiger partial charge on any atom is 0.168 e. The van der Waals surface area contributed by atoms with Gasteiger partial charge in [-0.25, -0.2) is 0 Å². The number of carbonyl (C=O) groups is 1. The Kier molecular flexibility index (Phi) is 2.33. The highest BCUT2D eigenvalue weighted by atomic mass is 35.5. The molecule has 2 aliphatic rings. The van der Waals surface area contributed by atoms with E-state index in [-0.39, 0.29) is 18.3 Å². The number of hydrogen-bond donors (Lipinski definition) is 1. The van der Waals surface area contributed by atoms with Crippen molar-refractivity contribution in [3.63, 3.8) is 0 Å². The van der Waals surface area contributed by atoms with E-state index >= 15 is 0 Å². The Bertz CT molecular complexity index is 377. The zero-order chi connectivity index (χ0) is 8.84. The number of rotatable bonds is 0. The largest absolute Gasteiger partial charge is 0.315 e. The summed E-state index contributed by atoms with van der Waals surface area (Å²) in [7, 11) is 0. The molecule has 0 radical (unpaired) electrons. The molecular weight excluding hydrogens is 198 g/mol. The van der Waals surface area contributed by atoms with Gasteiger partial charge >= 0.3 is 0 Å². The van der Waals surface area contributed by atoms with Crippen LogP contribution in [0.25, 0.3) is 0 Å². The van der Waals surface area contributed by atoms with Gasteiger partial charge in [0.2, 0.25) is 0 Å². The van der Waals surface area contributed by atoms with Gasteiger partial charge in [-0.05, 0) is 5.56 Å². The standard InChI is InChI=1S/C11H11NO.ClH/c13-11-8-4-2-1-3-7(8)9-5-12-6-10(9)11;/h1-4,9-10,12H,5-6H2;1H/t9-,10-;/m0./s1. The molecule has 3 rings (SSSR count). The van der Waals surface area contributed by atoms with E-state index < -0.39 is 0 Å². The van der Waals surface area contributed by atoms with Gasteiger partial charge in [-0.15, -0.1) is 12.4 Å². The lowest BCUT2D eigenvalue weighted by molar-refractivity contribution is 0.0940. The molecule has 14 heavy (non-hydrogen) atoms. The van der Waals surface area contributed by atoms with Crippen LogP contribution in [0.3, 0.4) is 0 Å². The topological polar surface area (TPSA) is 29.1 Å². The fraction of sp³-hybridized carbons (Fsp3) is 0.364. The SMILES string of the molecule is Cl.O=C1c2ccccc2[C@@H]2CNC[C@H]12. The number of ketones is 1. The Morgan fingerprint density at radius 3 is 2.71 bits per heavy atom. The van der Waals surface area contributed by atoms with Crippen LogP contribution >= 0.6 is 12.4 Å². The van der Waals surface area contributed by atoms with Crippen molar-refractivity contribution in [1.29, 1.82) is 0 Å². The van der Waals surface area contributed by atoms with E-state index in [4.69, 9.17) is 0 Å². The Hall–Kier alpha value is -0.860. The molecule has 1 N–H and O–H groups in total. The third-order valence-electron chi connectivity index (χ3n) is 3.18. The molecule has 1 aromatic carbocycles. The minimum atomic E-state index is 0. The van der Waals surface area contributed by atoms with Gasteiger partial charge in [-0.3, -0.25) is 4.79 Å². The predicted octanol–water partition coefficient (Wildman–Crippen LogP) is 1.61. The summed E-state index contributed by atoms with van der Waals surface area (Å²) in [5.74, 6) is 1.01. The molecule has 1 aromatic rings. The lowest BCUT2D eigenvalue weighted by Gasteiger charge is -2.05. The van der Waals surface area contributed by atoms with Crippen LogP contribution in [0.2, 0.25) is 0 Å². The Morgan fingerprint density at radius 2 is 1.86 bits per heavy atom. The molecule has 1 fully saturated rings. The fourth-order valence-electron chi connectivity index (χ4n) is 2.53. The summed E-state index contributed by atoms with van der Waals surface area (Å²) < 4.78 is 0. The van der Waals surface area contributed by atoms with Crippen LogP contribution in [0.1, 0.15) is 21.8 Å². The molecule has 0 saturated carbocycles. The first-order valence-corrected chi connectivity index (χ1v) is 4.72. The first-order chi connectivity index (χ1) is 6.38. The van der Waals surface area contributed by atoms with Crippen molar-refractivity contribution < 1.29 is 4.79 Å². The van der Waals surface area contributed by atoms with Crippen LogP contribution in [0.15, 0.2) is 24.3 Å². The van der Waals surface area contributed by atoms with Gasteiger partial charge in [0.15, 0.2) is 5.78 Å². The molecule has 2 atom stereocenters. The molecule has 3 heteroatoms. The first-order valence-electron chi connectivity index (χ1n) is 4.72. The molecule has 0 spiro atoms. The lowest BCUT2D eigenvalue weighted by Crippen LogP contribution is -2.15. The highest BCUT2D eigenvalue weighted by Crippen LogP contribution is 2.39. The Balaban J connectivity index is 0.000000750. The number of nitrogens with one attached hydrogen (secondary N) is 1. The van der Waals surface area contributed by atoms with E-state index in [1.54, 1.807) is 0 Å². The number of carbonyl (C=O) groups excluding carboxylic acids is 1. The third-order valence-corrected chi connectivity index (χ3v) is 3.18. The average Bonchev–Trinajstić information content (AvgIpc) is 2.72. The molecule has 1 heterocycles. The van der Waals surface area contributed by atoms with Crippen molar-refractivity contribution in [2.75, 3.05) is 13.1 Å². The average molecular weight is 210 g/mol. The van der Waals surface area contributed by atoms with Crippen LogP contribution in [-0.4, -0.2) is 18.9 Å². The van der Waals surface area contributed by atoms with Gasteiger partial charge in [0, 0.05) is 30.5 Å². The van der Waals surface area contributed by atoms with E-state index in [2.05, 4.69) is 11.4 Å². The molecule has 1 aliphatic carbocycles. The molecule has 0 unspecified atom stereocenters. The second-order valence-corrected chi connectivity index (χ2v) is 3.82. The van der Waals surface area contributed by atoms with E-state index in [1.807, 2.05) is 18.2 Å². The quantitative estimate of drug-likeness (QED) is 0.704. The summed E-state index contributed by atoms with van der Waals surface area (Å²) in [6.45, 7) is 1.82. The van der Waals surface area contributed by atoms with Gasteiger partial charge in [-0.1, -0.05) is 24.3 Å². The van der Waals surface area contributed by atoms with Gasteiger partial charge in [-0.2, -0.15) is 0 Å². The first kappa shape index (κ1) is 9.69. The predicted molar refractivity (Wildman–Crippen MR) is 57.1 cm³/mol. The highest BCUT2D eigenvalue weighted by Gasteiger charge is 2.41. The van der Waals surface area contributed by atoms with Crippen molar-refractivity contribution >= 4 is 18.2 Å². The fourth-order valence-corrected chi connectivity index (χ4v) is 2.53. The third kappa shape index (κ3) is 1.11. The molecule has 74 valence electrons. The maximum atomic E-state index is 11.8. The van der Waals surface area contributed by atoms with Crippen LogP contribution < -0.4 is 5.32 Å². The maximum absolute atomic E-state index is 11.8. The van der Waals surface area contributed by atoms with Crippen LogP contribution in [0.4, 0.5) is 0 Å². The van der Waals surface area contributed by atoms with Crippen molar-refractivity contribution in [2.45, 2.75) is 5.92 Å². The van der Waals surface area contributed by atoms with Gasteiger partial charge < -0.3 is 5.32 Å². The second kappa shape index (κ2) is 3.37. The van der Waals surface area contributed by atoms with E-state index in [1.165, 1.54) is 5.56 Å². The molecule has 1 saturated heterocycles. The number of fused-ring (bicyclic) bond motifs is 3. The smallest absolute Gasteiger partial charge is 0.168 e. The van der Waals surface area contributed by atoms with Gasteiger partial charge in [0.25, 0.3) is 0 Å². The van der Waals surface area contributed by atoms with Crippen LogP contribution in [-0.2, 0) is 0 Å². The molecule has 2 nitrogen and oxygen atoms in total. The molecular formula is C11H12ClNO. The molecule has 0 amide bonds. The summed E-state index contributed by atoms with van der Waals surface area (Å²) in [5, 5.41) is 3.27. The summed E-state index contributed by atoms with van der Waals surface area (Å²) in [6.07, 6.45) is 0. The lowest BCUT2D eigenvalue weighted by atomic mass is 9.96. The minimum Gasteiger partial charge on any atom is -0.315 e. The van der Waals surface area contributed by atoms with Crippen LogP contribution in [0.5, 0.6) is 0 Å². The van der Waals surface area contributed by atoms with Gasteiger partial charge in [0.05, 0.1) is 0 Å². The van der Waals surface area contributed by atoms with E-state index in [0.29, 0.717) is 11.7 Å². The van der Waals surface area contributed by atoms with Crippen LogP contribution in [0, 0.1) is 5.92 Å². The number of halogens is 1. The monoisotopic (exact) mass is 209 g/mol. The summed E-state index contributed by atoms with van der Waals surface area (Å²) in [6, 6.07) is 8.01. The zero-order valence-electron chi connectivity index (χ0n) is 7.69. The summed E-state index contributed by atoms with van der Waals surface area (Å²) in [5.41, 5.74) is 2.21. The van der Waals surface area contributed by atoms with Crippen molar-refractivity contribution in [1.82, 2.24) is 5.32 Å². The Labute approximate surface area is 89.1 Å². The normalized spacial score (nSPS) is 28.1. The zero-order valence-corrected chi connectivity index (χ0v) is 8.51. The van der Waals surface area contributed by atoms with Gasteiger partial charge in [0.1, 0.15) is 0 Å². The second-order valence-electron chi connectivity index (χ2n) is 3.82. The summed E-state index contributed by atoms with van der Waals surface area (Å²) in [4.78, 5) is 11.8. The van der Waals surface area contributed by atoms with E-state index in [0.717, 1.165) is 18.7 Å². The number of hydrogen-bond acceptors (Lipinski definition) is 2. The number of benzene rings is 1. The molecule has 0 bridgehead atoms. The minimum absolute atomic E-state index is 0. The van der Waals surface area contributed by atoms with Crippen molar-refractivity contribution in [3.05, 3.63) is 35.4 Å². The molecule has 0 aromatic heterocycles. The highest BCUT2D eigenvalue weighted by molar-refractivity contribution is 6.03. The Morgan fingerprint density at radius 1 is 1.14 bits per heavy atom. The molecule has 1 aliphatic heterocycles. The van der Waals surface area contributed by atoms with Crippen molar-refractivity contribution in [2.24, 2.45) is 5.92 Å². The van der Waals surface area contributed by atoms with E-state index in [9.17, 15) is 4.79 Å². The number of Topliss-reactive ketones (excluding diaryl/α,β-unsaturated/α-hetero) is 1.